The minimum Gasteiger partial charge on any atom is -0.355 e. The van der Waals surface area contributed by atoms with Crippen LogP contribution in [0.1, 0.15) is 62.9 Å². The molecule has 1 aliphatic rings. The number of carbonyl (C=O) groups excluding carboxylic acids is 2. The SMILES string of the molecule is CCCCC(C)C(=O)NCC1(NC(=O)c2cc(F)c[nH]2)CCC1. The van der Waals surface area contributed by atoms with E-state index in [9.17, 15) is 14.0 Å². The van der Waals surface area contributed by atoms with Gasteiger partial charge in [0, 0.05) is 24.7 Å². The van der Waals surface area contributed by atoms with Gasteiger partial charge in [-0.3, -0.25) is 9.59 Å². The number of aromatic nitrogens is 1. The average molecular weight is 323 g/mol. The van der Waals surface area contributed by atoms with Gasteiger partial charge in [-0.15, -0.1) is 0 Å². The van der Waals surface area contributed by atoms with Crippen LogP contribution in [0.25, 0.3) is 0 Å². The highest BCUT2D eigenvalue weighted by atomic mass is 19.1. The fourth-order valence-corrected chi connectivity index (χ4v) is 2.83. The van der Waals surface area contributed by atoms with Crippen molar-refractivity contribution in [1.82, 2.24) is 15.6 Å². The van der Waals surface area contributed by atoms with Crippen molar-refractivity contribution in [1.29, 1.82) is 0 Å². The summed E-state index contributed by atoms with van der Waals surface area (Å²) < 4.78 is 13.0. The number of carbonyl (C=O) groups is 2. The van der Waals surface area contributed by atoms with E-state index in [1.54, 1.807) is 0 Å². The van der Waals surface area contributed by atoms with Crippen LogP contribution in [0, 0.1) is 11.7 Å². The molecule has 0 aromatic carbocycles. The first-order valence-corrected chi connectivity index (χ1v) is 8.40. The molecule has 1 heterocycles. The van der Waals surface area contributed by atoms with E-state index in [2.05, 4.69) is 22.5 Å². The minimum atomic E-state index is -0.462. The van der Waals surface area contributed by atoms with Crippen LogP contribution in [-0.4, -0.2) is 28.9 Å². The highest BCUT2D eigenvalue weighted by Crippen LogP contribution is 2.31. The van der Waals surface area contributed by atoms with Crippen LogP contribution >= 0.6 is 0 Å². The molecule has 3 N–H and O–H groups in total. The van der Waals surface area contributed by atoms with Crippen LogP contribution in [0.15, 0.2) is 12.3 Å². The van der Waals surface area contributed by atoms with Gasteiger partial charge in [0.25, 0.3) is 5.91 Å². The van der Waals surface area contributed by atoms with Crippen molar-refractivity contribution in [3.8, 4) is 0 Å². The molecule has 6 heteroatoms. The number of amides is 2. The molecular formula is C17H26FN3O2. The lowest BCUT2D eigenvalue weighted by Crippen LogP contribution is -2.60. The summed E-state index contributed by atoms with van der Waals surface area (Å²) >= 11 is 0. The molecule has 1 unspecified atom stereocenters. The summed E-state index contributed by atoms with van der Waals surface area (Å²) in [6.07, 6.45) is 6.81. The fraction of sp³-hybridized carbons (Fsp3) is 0.647. The van der Waals surface area contributed by atoms with Crippen LogP contribution in [-0.2, 0) is 4.79 Å². The average Bonchev–Trinajstić information content (AvgIpc) is 2.93. The minimum absolute atomic E-state index is 0.0136. The number of aromatic amines is 1. The van der Waals surface area contributed by atoms with Crippen molar-refractivity contribution in [2.75, 3.05) is 6.54 Å². The lowest BCUT2D eigenvalue weighted by Gasteiger charge is -2.42. The van der Waals surface area contributed by atoms with E-state index in [0.29, 0.717) is 6.54 Å². The van der Waals surface area contributed by atoms with E-state index < -0.39 is 11.4 Å². The Bertz CT molecular complexity index is 552. The third-order valence-electron chi connectivity index (χ3n) is 4.62. The molecule has 1 fully saturated rings. The van der Waals surface area contributed by atoms with Crippen molar-refractivity contribution in [3.63, 3.8) is 0 Å². The Labute approximate surface area is 136 Å². The Morgan fingerprint density at radius 2 is 2.17 bits per heavy atom. The second kappa shape index (κ2) is 7.62. The second-order valence-electron chi connectivity index (χ2n) is 6.58. The Hall–Kier alpha value is -1.85. The van der Waals surface area contributed by atoms with Crippen molar-refractivity contribution in [3.05, 3.63) is 23.8 Å². The number of rotatable bonds is 8. The Morgan fingerprint density at radius 3 is 2.70 bits per heavy atom. The van der Waals surface area contributed by atoms with E-state index in [-0.39, 0.29) is 23.4 Å². The Balaban J connectivity index is 1.86. The maximum atomic E-state index is 13.0. The largest absolute Gasteiger partial charge is 0.355 e. The molecule has 1 aromatic rings. The van der Waals surface area contributed by atoms with E-state index in [1.165, 1.54) is 6.07 Å². The van der Waals surface area contributed by atoms with Crippen LogP contribution in [0.2, 0.25) is 0 Å². The van der Waals surface area contributed by atoms with Crippen molar-refractivity contribution >= 4 is 11.8 Å². The van der Waals surface area contributed by atoms with Crippen molar-refractivity contribution in [2.24, 2.45) is 5.92 Å². The summed E-state index contributed by atoms with van der Waals surface area (Å²) in [5, 5.41) is 5.90. The van der Waals surface area contributed by atoms with Crippen LogP contribution in [0.3, 0.4) is 0 Å². The van der Waals surface area contributed by atoms with Crippen LogP contribution in [0.4, 0.5) is 4.39 Å². The highest BCUT2D eigenvalue weighted by Gasteiger charge is 2.39. The molecule has 1 saturated carbocycles. The number of hydrogen-bond donors (Lipinski definition) is 3. The molecule has 0 bridgehead atoms. The molecule has 1 aliphatic carbocycles. The summed E-state index contributed by atoms with van der Waals surface area (Å²) in [4.78, 5) is 26.9. The van der Waals surface area contributed by atoms with Gasteiger partial charge in [-0.05, 0) is 25.7 Å². The van der Waals surface area contributed by atoms with Gasteiger partial charge in [0.05, 0.1) is 5.54 Å². The molecule has 23 heavy (non-hydrogen) atoms. The highest BCUT2D eigenvalue weighted by molar-refractivity contribution is 5.93. The fourth-order valence-electron chi connectivity index (χ4n) is 2.83. The van der Waals surface area contributed by atoms with E-state index in [1.807, 2.05) is 6.92 Å². The van der Waals surface area contributed by atoms with E-state index >= 15 is 0 Å². The summed E-state index contributed by atoms with van der Waals surface area (Å²) in [5.74, 6) is -0.775. The Morgan fingerprint density at radius 1 is 1.43 bits per heavy atom. The zero-order valence-corrected chi connectivity index (χ0v) is 13.9. The first kappa shape index (κ1) is 17.5. The predicted molar refractivity (Wildman–Crippen MR) is 86.5 cm³/mol. The second-order valence-corrected chi connectivity index (χ2v) is 6.58. The summed E-state index contributed by atoms with van der Waals surface area (Å²) in [6.45, 7) is 4.46. The third kappa shape index (κ3) is 4.56. The standard InChI is InChI=1S/C17H26FN3O2/c1-3-4-6-12(2)15(22)20-11-17(7-5-8-17)21-16(23)14-9-13(18)10-19-14/h9-10,12,19H,3-8,11H2,1-2H3,(H,20,22)(H,21,23). The predicted octanol–water partition coefficient (Wildman–Crippen LogP) is 2.75. The molecular weight excluding hydrogens is 297 g/mol. The lowest BCUT2D eigenvalue weighted by molar-refractivity contribution is -0.125. The first-order valence-electron chi connectivity index (χ1n) is 8.40. The van der Waals surface area contributed by atoms with Crippen LogP contribution < -0.4 is 10.6 Å². The van der Waals surface area contributed by atoms with Gasteiger partial charge in [0.1, 0.15) is 11.5 Å². The number of halogens is 1. The van der Waals surface area contributed by atoms with Gasteiger partial charge in [0.2, 0.25) is 5.91 Å². The first-order chi connectivity index (χ1) is 11.0. The molecule has 0 aliphatic heterocycles. The molecule has 128 valence electrons. The van der Waals surface area contributed by atoms with Gasteiger partial charge in [0.15, 0.2) is 0 Å². The number of unbranched alkanes of at least 4 members (excludes halogenated alkanes) is 1. The molecule has 2 rings (SSSR count). The van der Waals surface area contributed by atoms with Crippen LogP contribution in [0.5, 0.6) is 0 Å². The van der Waals surface area contributed by atoms with Gasteiger partial charge in [-0.2, -0.15) is 0 Å². The zero-order chi connectivity index (χ0) is 16.9. The summed E-state index contributed by atoms with van der Waals surface area (Å²) in [6, 6.07) is 1.17. The van der Waals surface area contributed by atoms with Crippen molar-refractivity contribution < 1.29 is 14.0 Å². The summed E-state index contributed by atoms with van der Waals surface area (Å²) in [7, 11) is 0. The summed E-state index contributed by atoms with van der Waals surface area (Å²) in [5.41, 5.74) is -0.199. The van der Waals surface area contributed by atoms with Gasteiger partial charge < -0.3 is 15.6 Å². The van der Waals surface area contributed by atoms with Gasteiger partial charge in [-0.1, -0.05) is 26.7 Å². The lowest BCUT2D eigenvalue weighted by atomic mass is 9.76. The monoisotopic (exact) mass is 323 g/mol. The maximum absolute atomic E-state index is 13.0. The zero-order valence-electron chi connectivity index (χ0n) is 13.9. The van der Waals surface area contributed by atoms with E-state index in [0.717, 1.165) is 44.7 Å². The normalized spacial score (nSPS) is 17.2. The molecule has 5 nitrogen and oxygen atoms in total. The maximum Gasteiger partial charge on any atom is 0.268 e. The Kier molecular flexibility index (Phi) is 5.80. The molecule has 1 atom stereocenters. The number of hydrogen-bond acceptors (Lipinski definition) is 2. The molecule has 0 spiro atoms. The number of H-pyrrole nitrogens is 1. The van der Waals surface area contributed by atoms with Gasteiger partial charge in [-0.25, -0.2) is 4.39 Å². The smallest absolute Gasteiger partial charge is 0.268 e. The molecule has 2 amide bonds. The quantitative estimate of drug-likeness (QED) is 0.688. The third-order valence-corrected chi connectivity index (χ3v) is 4.62. The van der Waals surface area contributed by atoms with Gasteiger partial charge >= 0.3 is 0 Å². The van der Waals surface area contributed by atoms with E-state index in [4.69, 9.17) is 0 Å². The van der Waals surface area contributed by atoms with Crippen molar-refractivity contribution in [2.45, 2.75) is 57.9 Å². The number of nitrogens with one attached hydrogen (secondary N) is 3. The molecule has 1 aromatic heterocycles. The topological polar surface area (TPSA) is 74.0 Å². The molecule has 0 saturated heterocycles. The molecule has 0 radical (unpaired) electrons.